The molecule has 41 heavy (non-hydrogen) atoms. The summed E-state index contributed by atoms with van der Waals surface area (Å²) < 4.78 is 0. The fourth-order valence-corrected chi connectivity index (χ4v) is 5.89. The molecule has 0 aromatic heterocycles. The lowest BCUT2D eigenvalue weighted by Crippen LogP contribution is -2.49. The van der Waals surface area contributed by atoms with Gasteiger partial charge in [0.25, 0.3) is 23.6 Å². The minimum Gasteiger partial charge on any atom is -0.315 e. The van der Waals surface area contributed by atoms with Crippen molar-refractivity contribution in [2.24, 2.45) is 0 Å². The summed E-state index contributed by atoms with van der Waals surface area (Å²) in [6.45, 7) is 6.39. The first-order valence-corrected chi connectivity index (χ1v) is 14.1. The number of carbonyl (C=O) groups is 4. The van der Waals surface area contributed by atoms with Crippen molar-refractivity contribution >= 4 is 45.2 Å². The molecule has 0 atom stereocenters. The zero-order valence-corrected chi connectivity index (χ0v) is 23.2. The van der Waals surface area contributed by atoms with E-state index in [9.17, 15) is 19.2 Å². The molecule has 0 aliphatic carbocycles. The highest BCUT2D eigenvalue weighted by molar-refractivity contribution is 6.26. The predicted octanol–water partition coefficient (Wildman–Crippen LogP) is 4.53. The molecule has 0 bridgehead atoms. The van der Waals surface area contributed by atoms with Crippen LogP contribution in [0.5, 0.6) is 0 Å². The summed E-state index contributed by atoms with van der Waals surface area (Å²) in [7, 11) is 0. The van der Waals surface area contributed by atoms with Crippen LogP contribution < -0.4 is 5.32 Å². The highest BCUT2D eigenvalue weighted by atomic mass is 16.2. The molecule has 4 amide bonds. The van der Waals surface area contributed by atoms with Gasteiger partial charge in [0.15, 0.2) is 0 Å². The van der Waals surface area contributed by atoms with Crippen LogP contribution in [0.25, 0.3) is 21.5 Å². The molecule has 0 radical (unpaired) electrons. The van der Waals surface area contributed by atoms with Crippen LogP contribution in [0.15, 0.2) is 72.8 Å². The summed E-state index contributed by atoms with van der Waals surface area (Å²) in [5, 5.41) is 6.59. The first-order valence-electron chi connectivity index (χ1n) is 14.1. The maximum atomic E-state index is 13.3. The molecule has 0 spiro atoms. The molecular formula is C33H32N4O4. The van der Waals surface area contributed by atoms with Crippen LogP contribution in [0.4, 0.5) is 0 Å². The van der Waals surface area contributed by atoms with Gasteiger partial charge in [0.2, 0.25) is 0 Å². The third-order valence-electron chi connectivity index (χ3n) is 8.08. The van der Waals surface area contributed by atoms with Crippen LogP contribution in [0.2, 0.25) is 0 Å². The lowest BCUT2D eigenvalue weighted by molar-refractivity contribution is 0.0456. The molecular weight excluding hydrogens is 516 g/mol. The van der Waals surface area contributed by atoms with Crippen molar-refractivity contribution in [1.29, 1.82) is 0 Å². The van der Waals surface area contributed by atoms with Gasteiger partial charge in [0.1, 0.15) is 0 Å². The van der Waals surface area contributed by atoms with Crippen LogP contribution in [0, 0.1) is 0 Å². The largest absolute Gasteiger partial charge is 0.315 e. The summed E-state index contributed by atoms with van der Waals surface area (Å²) in [6.07, 6.45) is 0.768. The average Bonchev–Trinajstić information content (AvgIpc) is 2.98. The van der Waals surface area contributed by atoms with Crippen LogP contribution in [-0.2, 0) is 0 Å². The number of imide groups is 2. The molecule has 4 aromatic rings. The molecule has 2 aliphatic rings. The van der Waals surface area contributed by atoms with Gasteiger partial charge in [-0.2, -0.15) is 0 Å². The van der Waals surface area contributed by atoms with Gasteiger partial charge in [-0.3, -0.25) is 33.9 Å². The Morgan fingerprint density at radius 2 is 1.07 bits per heavy atom. The van der Waals surface area contributed by atoms with Crippen molar-refractivity contribution in [3.05, 3.63) is 95.1 Å². The van der Waals surface area contributed by atoms with Gasteiger partial charge in [-0.05, 0) is 61.9 Å². The molecule has 2 heterocycles. The second-order valence-corrected chi connectivity index (χ2v) is 10.9. The Balaban J connectivity index is 1.04. The first kappa shape index (κ1) is 26.8. The molecule has 6 rings (SSSR count). The smallest absolute Gasteiger partial charge is 0.262 e. The van der Waals surface area contributed by atoms with Crippen molar-refractivity contribution < 1.29 is 19.2 Å². The molecule has 8 heteroatoms. The van der Waals surface area contributed by atoms with E-state index in [-0.39, 0.29) is 42.9 Å². The Morgan fingerprint density at radius 3 is 1.51 bits per heavy atom. The third kappa shape index (κ3) is 4.69. The number of carbonyl (C=O) groups excluding carboxylic acids is 4. The molecule has 0 saturated heterocycles. The van der Waals surface area contributed by atoms with E-state index in [2.05, 4.69) is 10.2 Å². The van der Waals surface area contributed by atoms with Crippen molar-refractivity contribution in [2.45, 2.75) is 26.3 Å². The number of nitrogens with zero attached hydrogens (tertiary/aromatic N) is 3. The summed E-state index contributed by atoms with van der Waals surface area (Å²) in [6, 6.07) is 22.3. The van der Waals surface area contributed by atoms with E-state index < -0.39 is 0 Å². The molecule has 0 fully saturated rings. The minimum atomic E-state index is -0.267. The number of amides is 4. The van der Waals surface area contributed by atoms with Crippen molar-refractivity contribution in [1.82, 2.24) is 20.0 Å². The lowest BCUT2D eigenvalue weighted by Gasteiger charge is -2.34. The normalized spacial score (nSPS) is 14.8. The molecule has 208 valence electrons. The third-order valence-corrected chi connectivity index (χ3v) is 8.08. The van der Waals surface area contributed by atoms with Gasteiger partial charge >= 0.3 is 0 Å². The van der Waals surface area contributed by atoms with Gasteiger partial charge in [0.05, 0.1) is 6.67 Å². The zero-order chi connectivity index (χ0) is 28.7. The molecule has 4 aromatic carbocycles. The minimum absolute atomic E-state index is 0.120. The Labute approximate surface area is 238 Å². The van der Waals surface area contributed by atoms with E-state index in [1.54, 1.807) is 24.3 Å². The summed E-state index contributed by atoms with van der Waals surface area (Å²) in [5.41, 5.74) is 2.24. The topological polar surface area (TPSA) is 90.0 Å². The molecule has 8 nitrogen and oxygen atoms in total. The molecule has 1 N–H and O–H groups in total. The highest BCUT2D eigenvalue weighted by Crippen LogP contribution is 2.31. The SMILES string of the molecule is CC(C)N(CCCNCCN1C(=O)c2cccc3cccc(c23)C1=O)CN1C(=O)c2cccc3cccc(c23)C1=O. The van der Waals surface area contributed by atoms with Gasteiger partial charge < -0.3 is 5.32 Å². The maximum Gasteiger partial charge on any atom is 0.262 e. The monoisotopic (exact) mass is 548 g/mol. The summed E-state index contributed by atoms with van der Waals surface area (Å²) >= 11 is 0. The van der Waals surface area contributed by atoms with Crippen molar-refractivity contribution in [3.8, 4) is 0 Å². The van der Waals surface area contributed by atoms with E-state index in [0.29, 0.717) is 41.9 Å². The quantitative estimate of drug-likeness (QED) is 0.231. The Morgan fingerprint density at radius 1 is 0.634 bits per heavy atom. The number of hydrogen-bond acceptors (Lipinski definition) is 6. The van der Waals surface area contributed by atoms with Crippen molar-refractivity contribution in [2.75, 3.05) is 32.8 Å². The van der Waals surface area contributed by atoms with E-state index in [0.717, 1.165) is 28.0 Å². The Kier molecular flexibility index (Phi) is 7.11. The highest BCUT2D eigenvalue weighted by Gasteiger charge is 2.34. The zero-order valence-electron chi connectivity index (χ0n) is 23.2. The predicted molar refractivity (Wildman–Crippen MR) is 158 cm³/mol. The second-order valence-electron chi connectivity index (χ2n) is 10.9. The van der Waals surface area contributed by atoms with Crippen LogP contribution >= 0.6 is 0 Å². The van der Waals surface area contributed by atoms with Crippen LogP contribution in [0.3, 0.4) is 0 Å². The van der Waals surface area contributed by atoms with E-state index >= 15 is 0 Å². The average molecular weight is 549 g/mol. The second kappa shape index (κ2) is 10.9. The van der Waals surface area contributed by atoms with Gasteiger partial charge in [0, 0.05) is 58.7 Å². The Bertz CT molecular complexity index is 1610. The first-order chi connectivity index (χ1) is 19.9. The van der Waals surface area contributed by atoms with Crippen LogP contribution in [-0.4, -0.2) is 77.2 Å². The van der Waals surface area contributed by atoms with E-state index in [4.69, 9.17) is 0 Å². The van der Waals surface area contributed by atoms with Gasteiger partial charge in [-0.1, -0.05) is 48.5 Å². The van der Waals surface area contributed by atoms with Gasteiger partial charge in [-0.25, -0.2) is 0 Å². The van der Waals surface area contributed by atoms with E-state index in [1.165, 1.54) is 9.80 Å². The maximum absolute atomic E-state index is 13.3. The summed E-state index contributed by atoms with van der Waals surface area (Å²) in [4.78, 5) is 57.6. The lowest BCUT2D eigenvalue weighted by atomic mass is 9.94. The fraction of sp³-hybridized carbons (Fsp3) is 0.273. The standard InChI is InChI=1S/C33H32N4O4/c1-21(2)35(20-37-32(40)26-14-5-10-23-11-6-15-27(29(23)26)33(37)41)18-7-16-34-17-19-36-30(38)24-12-3-8-22-9-4-13-25(28(22)24)31(36)39/h3-6,8-15,21,34H,7,16-20H2,1-2H3. The fourth-order valence-electron chi connectivity index (χ4n) is 5.89. The molecule has 2 aliphatic heterocycles. The number of nitrogens with one attached hydrogen (secondary N) is 1. The number of benzene rings is 4. The Hall–Kier alpha value is -4.40. The van der Waals surface area contributed by atoms with E-state index in [1.807, 2.05) is 62.4 Å². The van der Waals surface area contributed by atoms with Crippen molar-refractivity contribution in [3.63, 3.8) is 0 Å². The summed E-state index contributed by atoms with van der Waals surface area (Å²) in [5.74, 6) is -1.06. The molecule has 0 unspecified atom stereocenters. The number of rotatable bonds is 10. The number of hydrogen-bond donors (Lipinski definition) is 1. The van der Waals surface area contributed by atoms with Crippen LogP contribution in [0.1, 0.15) is 61.7 Å². The molecule has 0 saturated carbocycles. The van der Waals surface area contributed by atoms with Gasteiger partial charge in [-0.15, -0.1) is 0 Å².